The van der Waals surface area contributed by atoms with Gasteiger partial charge in [0, 0.05) is 48.6 Å². The van der Waals surface area contributed by atoms with E-state index in [-0.39, 0.29) is 30.9 Å². The van der Waals surface area contributed by atoms with Crippen LogP contribution >= 0.6 is 0 Å². The number of aromatic nitrogens is 3. The lowest BCUT2D eigenvalue weighted by molar-refractivity contribution is -0.145. The first-order chi connectivity index (χ1) is 31.2. The number of ether oxygens (including phenoxy) is 2. The third kappa shape index (κ3) is 10.1. The SMILES string of the molecule is CCOc1ccc2c(c1)CC(NCCCCO)C(=O)N2c1ccc2c(c1)[C@@]1(O[C@H](CCn3cc(C(CO)c4ccccc4)nn3)[C@@H]([Si](C)(C)F)[C@@H]1C)C(=O)N2C/C=C(\C)CCC=C(C)C. The van der Waals surface area contributed by atoms with E-state index < -0.39 is 37.6 Å². The Kier molecular flexibility index (Phi) is 15.2. The van der Waals surface area contributed by atoms with Gasteiger partial charge in [0.25, 0.3) is 5.91 Å². The molecule has 4 aromatic rings. The molecule has 0 saturated carbocycles. The predicted molar refractivity (Wildman–Crippen MR) is 256 cm³/mol. The number of carbonyl (C=O) groups is 2. The third-order valence-corrected chi connectivity index (χ3v) is 15.8. The van der Waals surface area contributed by atoms with Gasteiger partial charge in [-0.05, 0) is 133 Å². The molecule has 3 N–H and O–H groups in total. The zero-order valence-corrected chi connectivity index (χ0v) is 40.1. The Morgan fingerprint density at radius 3 is 2.52 bits per heavy atom. The average Bonchev–Trinajstić information content (AvgIpc) is 3.93. The zero-order valence-electron chi connectivity index (χ0n) is 39.1. The lowest BCUT2D eigenvalue weighted by Gasteiger charge is -2.36. The molecular formula is C51H67FN6O6Si. The number of carbonyl (C=O) groups excluding carboxylic acids is 2. The average molecular weight is 907 g/mol. The van der Waals surface area contributed by atoms with E-state index in [1.165, 1.54) is 5.57 Å². The highest BCUT2D eigenvalue weighted by molar-refractivity contribution is 6.72. The van der Waals surface area contributed by atoms with Gasteiger partial charge >= 0.3 is 0 Å². The van der Waals surface area contributed by atoms with Crippen molar-refractivity contribution in [3.63, 3.8) is 0 Å². The fourth-order valence-electron chi connectivity index (χ4n) is 10.2. The van der Waals surface area contributed by atoms with Crippen LogP contribution in [0.2, 0.25) is 18.6 Å². The summed E-state index contributed by atoms with van der Waals surface area (Å²) < 4.78 is 31.8. The van der Waals surface area contributed by atoms with Gasteiger partial charge in [-0.3, -0.25) is 19.2 Å². The number of nitrogens with zero attached hydrogens (tertiary/aromatic N) is 5. The van der Waals surface area contributed by atoms with E-state index in [4.69, 9.17) is 9.47 Å². The maximum Gasteiger partial charge on any atom is 0.264 e. The summed E-state index contributed by atoms with van der Waals surface area (Å²) in [6, 6.07) is 20.7. The highest BCUT2D eigenvalue weighted by Gasteiger charge is 2.66. The molecule has 1 fully saturated rings. The maximum absolute atomic E-state index is 17.0. The second kappa shape index (κ2) is 20.7. The number of benzene rings is 3. The Morgan fingerprint density at radius 1 is 1.05 bits per heavy atom. The molecule has 14 heteroatoms. The number of unbranched alkanes of at least 4 members (excludes halogenated alkanes) is 1. The number of hydrogen-bond acceptors (Lipinski definition) is 9. The Hall–Kier alpha value is -4.99. The number of anilines is 3. The van der Waals surface area contributed by atoms with Gasteiger partial charge in [-0.25, -0.2) is 0 Å². The lowest BCUT2D eigenvalue weighted by Crippen LogP contribution is -2.49. The number of aliphatic hydroxyl groups excluding tert-OH is 2. The van der Waals surface area contributed by atoms with Gasteiger partial charge in [-0.15, -0.1) is 5.10 Å². The summed E-state index contributed by atoms with van der Waals surface area (Å²) in [5.41, 5.74) is 5.47. The van der Waals surface area contributed by atoms with Crippen molar-refractivity contribution in [3.8, 4) is 5.75 Å². The summed E-state index contributed by atoms with van der Waals surface area (Å²) in [5.74, 6) is -0.542. The van der Waals surface area contributed by atoms with Crippen LogP contribution in [0.25, 0.3) is 0 Å². The van der Waals surface area contributed by atoms with Crippen molar-refractivity contribution < 1.29 is 33.4 Å². The van der Waals surface area contributed by atoms with Crippen molar-refractivity contribution in [2.75, 3.05) is 42.7 Å². The number of allylic oxidation sites excluding steroid dienone is 3. The molecule has 4 heterocycles. The Labute approximate surface area is 384 Å². The molecule has 1 saturated heterocycles. The van der Waals surface area contributed by atoms with Crippen LogP contribution in [0.3, 0.4) is 0 Å². The molecule has 1 aromatic heterocycles. The van der Waals surface area contributed by atoms with E-state index in [9.17, 15) is 15.0 Å². The molecule has 0 bridgehead atoms. The van der Waals surface area contributed by atoms with E-state index >= 15 is 8.90 Å². The largest absolute Gasteiger partial charge is 0.494 e. The van der Waals surface area contributed by atoms with E-state index in [2.05, 4.69) is 48.6 Å². The first-order valence-electron chi connectivity index (χ1n) is 23.3. The summed E-state index contributed by atoms with van der Waals surface area (Å²) in [6.45, 7) is 15.2. The topological polar surface area (TPSA) is 142 Å². The van der Waals surface area contributed by atoms with Gasteiger partial charge in [0.1, 0.15) is 5.75 Å². The van der Waals surface area contributed by atoms with E-state index in [1.807, 2.05) is 86.8 Å². The molecule has 3 aliphatic rings. The molecule has 3 aliphatic heterocycles. The van der Waals surface area contributed by atoms with Crippen molar-refractivity contribution >= 4 is 37.3 Å². The maximum atomic E-state index is 17.0. The van der Waals surface area contributed by atoms with E-state index in [1.54, 1.807) is 27.6 Å². The first-order valence-corrected chi connectivity index (χ1v) is 26.3. The monoisotopic (exact) mass is 906 g/mol. The van der Waals surface area contributed by atoms with Crippen molar-refractivity contribution in [1.29, 1.82) is 0 Å². The Bertz CT molecular complexity index is 2360. The summed E-state index contributed by atoms with van der Waals surface area (Å²) >= 11 is 0. The van der Waals surface area contributed by atoms with Crippen LogP contribution in [0.4, 0.5) is 21.2 Å². The molecule has 2 unspecified atom stereocenters. The summed E-state index contributed by atoms with van der Waals surface area (Å²) in [7, 11) is -3.51. The first kappa shape index (κ1) is 48.0. The van der Waals surface area contributed by atoms with Gasteiger partial charge in [0.15, 0.2) is 5.60 Å². The van der Waals surface area contributed by atoms with Crippen LogP contribution in [0, 0.1) is 5.92 Å². The zero-order chi connectivity index (χ0) is 46.5. The third-order valence-electron chi connectivity index (χ3n) is 13.4. The van der Waals surface area contributed by atoms with E-state index in [0.29, 0.717) is 73.9 Å². The number of fused-ring (bicyclic) bond motifs is 3. The quantitative estimate of drug-likeness (QED) is 0.0344. The number of nitrogens with one attached hydrogen (secondary N) is 1. The van der Waals surface area contributed by atoms with Gasteiger partial charge in [-0.2, -0.15) is 0 Å². The van der Waals surface area contributed by atoms with Gasteiger partial charge in [0.2, 0.25) is 14.3 Å². The van der Waals surface area contributed by atoms with Crippen molar-refractivity contribution in [3.05, 3.63) is 119 Å². The van der Waals surface area contributed by atoms with Gasteiger partial charge in [-0.1, -0.05) is 65.8 Å². The van der Waals surface area contributed by atoms with Crippen LogP contribution in [0.5, 0.6) is 5.75 Å². The van der Waals surface area contributed by atoms with Crippen LogP contribution < -0.4 is 19.9 Å². The molecule has 3 aromatic carbocycles. The van der Waals surface area contributed by atoms with Crippen LogP contribution in [-0.2, 0) is 32.9 Å². The van der Waals surface area contributed by atoms with Crippen molar-refractivity contribution in [1.82, 2.24) is 20.3 Å². The van der Waals surface area contributed by atoms with Crippen molar-refractivity contribution in [2.24, 2.45) is 5.92 Å². The number of aryl methyl sites for hydroxylation is 1. The molecule has 12 nitrogen and oxygen atoms in total. The molecule has 2 amide bonds. The smallest absolute Gasteiger partial charge is 0.264 e. The molecule has 65 heavy (non-hydrogen) atoms. The molecule has 1 spiro atoms. The molecule has 7 rings (SSSR count). The highest BCUT2D eigenvalue weighted by Crippen LogP contribution is 2.61. The molecule has 0 aliphatic carbocycles. The number of aliphatic hydroxyl groups is 2. The number of hydrogen-bond donors (Lipinski definition) is 3. The number of halogens is 1. The van der Waals surface area contributed by atoms with Crippen LogP contribution in [0.1, 0.15) is 95.0 Å². The second-order valence-corrected chi connectivity index (χ2v) is 22.4. The fourth-order valence-corrected chi connectivity index (χ4v) is 12.7. The Balaban J connectivity index is 1.27. The molecule has 6 atom stereocenters. The second-order valence-electron chi connectivity index (χ2n) is 18.6. The minimum Gasteiger partial charge on any atom is -0.494 e. The summed E-state index contributed by atoms with van der Waals surface area (Å²) in [5, 5.41) is 32.0. The molecular weight excluding hydrogens is 840 g/mol. The van der Waals surface area contributed by atoms with E-state index in [0.717, 1.165) is 41.6 Å². The van der Waals surface area contributed by atoms with Gasteiger partial charge in [0.05, 0.1) is 48.3 Å². The Morgan fingerprint density at radius 2 is 1.82 bits per heavy atom. The lowest BCUT2D eigenvalue weighted by atomic mass is 9.82. The normalized spacial score (nSPS) is 22.4. The number of amides is 2. The van der Waals surface area contributed by atoms with Crippen molar-refractivity contribution in [2.45, 2.75) is 122 Å². The summed E-state index contributed by atoms with van der Waals surface area (Å²) in [4.78, 5) is 33.6. The standard InChI is InChI=1S/C51H67FN6O6Si/c1-8-63-40-20-22-45-38(29-40)30-43(53-25-12-13-28-59)49(61)58(45)39-19-21-46-42(31-39)51(50(62)57(46)27-23-35(4)16-14-15-34(2)3)36(5)48(65(6,7)52)47(64-51)24-26-56-32-44(54-55-56)41(33-60)37-17-10-9-11-18-37/h9-11,15,17-23,29,31-32,36,41,43,47-48,53,59-60H,8,12-14,16,24-28,30,33H2,1-7H3/b35-23+/t36-,41?,43?,47+,48-,51+/m0/s1. The van der Waals surface area contributed by atoms with Crippen LogP contribution in [-0.4, -0.2) is 90.5 Å². The van der Waals surface area contributed by atoms with Crippen LogP contribution in [0.15, 0.2) is 96.2 Å². The fraction of sp³-hybridized carbons (Fsp3) is 0.490. The summed E-state index contributed by atoms with van der Waals surface area (Å²) in [6.07, 6.45) is 9.45. The molecule has 348 valence electrons. The highest BCUT2D eigenvalue weighted by atomic mass is 28.4. The minimum atomic E-state index is -3.51. The predicted octanol–water partition coefficient (Wildman–Crippen LogP) is 8.66. The molecule has 0 radical (unpaired) electrons. The number of rotatable bonds is 20. The van der Waals surface area contributed by atoms with Gasteiger partial charge < -0.3 is 34.0 Å². The minimum absolute atomic E-state index is 0.0797.